The number of imidazole rings is 1. The molecule has 13 heteroatoms. The number of pyridine rings is 1. The lowest BCUT2D eigenvalue weighted by Gasteiger charge is -2.38. The Morgan fingerprint density at radius 2 is 2.00 bits per heavy atom. The Morgan fingerprint density at radius 1 is 1.28 bits per heavy atom. The van der Waals surface area contributed by atoms with Crippen LogP contribution in [0.5, 0.6) is 5.75 Å². The zero-order valence-corrected chi connectivity index (χ0v) is 23.0. The summed E-state index contributed by atoms with van der Waals surface area (Å²) in [5.74, 6) is -1.02. The molecule has 208 valence electrons. The van der Waals surface area contributed by atoms with E-state index in [0.717, 1.165) is 4.31 Å². The van der Waals surface area contributed by atoms with Crippen LogP contribution in [0.4, 0.5) is 5.69 Å². The van der Waals surface area contributed by atoms with E-state index in [-0.39, 0.29) is 53.5 Å². The number of ether oxygens (including phenoxy) is 1. The third-order valence-electron chi connectivity index (χ3n) is 6.67. The molecule has 0 saturated carbocycles. The van der Waals surface area contributed by atoms with Gasteiger partial charge >= 0.3 is 0 Å². The number of amides is 2. The molecule has 1 aliphatic rings. The number of likely N-dealkylation sites (N-methyl/N-ethyl adjacent to an activating group) is 1. The van der Waals surface area contributed by atoms with Gasteiger partial charge < -0.3 is 24.6 Å². The fourth-order valence-electron chi connectivity index (χ4n) is 4.29. The molecule has 12 nitrogen and oxygen atoms in total. The van der Waals surface area contributed by atoms with Crippen molar-refractivity contribution in [3.8, 4) is 5.75 Å². The molecular formula is C26H32N6O6S. The maximum atomic E-state index is 13.6. The fourth-order valence-corrected chi connectivity index (χ4v) is 5.43. The molecule has 3 heterocycles. The molecule has 1 aromatic carbocycles. The minimum atomic E-state index is -3.92. The van der Waals surface area contributed by atoms with Gasteiger partial charge in [-0.1, -0.05) is 13.0 Å². The van der Waals surface area contributed by atoms with E-state index in [4.69, 9.17) is 4.74 Å². The van der Waals surface area contributed by atoms with Gasteiger partial charge in [0.05, 0.1) is 36.8 Å². The smallest absolute Gasteiger partial charge is 0.261 e. The number of fused-ring (bicyclic) bond motifs is 1. The fraction of sp³-hybridized carbons (Fsp3) is 0.385. The number of sulfonamides is 1. The van der Waals surface area contributed by atoms with Gasteiger partial charge in [-0.3, -0.25) is 14.6 Å². The van der Waals surface area contributed by atoms with Crippen LogP contribution in [-0.4, -0.2) is 88.0 Å². The van der Waals surface area contributed by atoms with Crippen molar-refractivity contribution in [2.24, 2.45) is 13.0 Å². The number of aliphatic hydroxyl groups is 1. The Hall–Kier alpha value is -3.81. The summed E-state index contributed by atoms with van der Waals surface area (Å²) in [6, 6.07) is 7.43. The van der Waals surface area contributed by atoms with Gasteiger partial charge in [0, 0.05) is 50.7 Å². The highest BCUT2D eigenvalue weighted by Gasteiger charge is 2.36. The second-order valence-electron chi connectivity index (χ2n) is 9.66. The van der Waals surface area contributed by atoms with Crippen LogP contribution in [0.1, 0.15) is 34.6 Å². The Labute approximate surface area is 227 Å². The maximum absolute atomic E-state index is 13.6. The number of para-hydroxylation sites is 1. The van der Waals surface area contributed by atoms with Crippen molar-refractivity contribution in [1.82, 2.24) is 23.7 Å². The molecule has 2 amide bonds. The highest BCUT2D eigenvalue weighted by atomic mass is 32.2. The number of nitrogens with one attached hydrogen (secondary N) is 1. The Bertz CT molecular complexity index is 1440. The largest absolute Gasteiger partial charge is 0.486 e. The Kier molecular flexibility index (Phi) is 8.33. The number of aromatic nitrogens is 3. The third kappa shape index (κ3) is 5.95. The summed E-state index contributed by atoms with van der Waals surface area (Å²) < 4.78 is 35.5. The molecule has 39 heavy (non-hydrogen) atoms. The molecule has 0 aliphatic carbocycles. The molecule has 4 rings (SSSR count). The number of rotatable bonds is 8. The summed E-state index contributed by atoms with van der Waals surface area (Å²) in [6.07, 6.45) is 5.10. The number of hydrogen-bond acceptors (Lipinski definition) is 8. The van der Waals surface area contributed by atoms with Gasteiger partial charge in [-0.15, -0.1) is 0 Å². The molecule has 3 aromatic rings. The molecule has 0 radical (unpaired) electrons. The van der Waals surface area contributed by atoms with Crippen LogP contribution in [0.15, 0.2) is 60.3 Å². The van der Waals surface area contributed by atoms with Crippen molar-refractivity contribution in [3.05, 3.63) is 66.4 Å². The monoisotopic (exact) mass is 556 g/mol. The first-order chi connectivity index (χ1) is 18.5. The Balaban J connectivity index is 1.73. The first-order valence-electron chi connectivity index (χ1n) is 12.4. The number of carbonyl (C=O) groups excluding carboxylic acids is 2. The van der Waals surface area contributed by atoms with Crippen molar-refractivity contribution < 1.29 is 27.9 Å². The summed E-state index contributed by atoms with van der Waals surface area (Å²) in [4.78, 5) is 36.0. The minimum absolute atomic E-state index is 0.0539. The van der Waals surface area contributed by atoms with Crippen molar-refractivity contribution >= 4 is 27.5 Å². The number of aryl methyl sites for hydroxylation is 1. The van der Waals surface area contributed by atoms with Gasteiger partial charge in [-0.2, -0.15) is 4.31 Å². The summed E-state index contributed by atoms with van der Waals surface area (Å²) >= 11 is 0. The molecule has 0 unspecified atom stereocenters. The van der Waals surface area contributed by atoms with E-state index in [1.54, 1.807) is 53.8 Å². The van der Waals surface area contributed by atoms with Crippen LogP contribution >= 0.6 is 0 Å². The van der Waals surface area contributed by atoms with Crippen LogP contribution in [0.3, 0.4) is 0 Å². The van der Waals surface area contributed by atoms with E-state index in [9.17, 15) is 23.1 Å². The second kappa shape index (κ2) is 11.5. The summed E-state index contributed by atoms with van der Waals surface area (Å²) in [5, 5.41) is 12.6. The van der Waals surface area contributed by atoms with Crippen molar-refractivity contribution in [2.45, 2.75) is 31.0 Å². The molecule has 0 fully saturated rings. The molecule has 1 aliphatic heterocycles. The second-order valence-corrected chi connectivity index (χ2v) is 11.6. The standard InChI is InChI=1S/C26H32N6O6S/c1-17-12-32(18(2)15-33)26(35)20-6-5-7-21(29-25(34)19-8-10-27-11-9-19)24(20)38-22(17)13-31(4)39(36,37)23-14-30(3)16-28-23/h5-11,14,16-18,22,33H,12-13,15H2,1-4H3,(H,29,34)/t17-,18-,22-/m0/s1. The molecule has 0 saturated heterocycles. The summed E-state index contributed by atoms with van der Waals surface area (Å²) in [6.45, 7) is 3.48. The lowest BCUT2D eigenvalue weighted by atomic mass is 9.99. The lowest BCUT2D eigenvalue weighted by Crippen LogP contribution is -2.50. The van der Waals surface area contributed by atoms with Gasteiger partial charge in [0.25, 0.3) is 21.8 Å². The number of carbonyl (C=O) groups is 2. The van der Waals surface area contributed by atoms with Crippen LogP contribution < -0.4 is 10.1 Å². The van der Waals surface area contributed by atoms with Crippen LogP contribution in [-0.2, 0) is 17.1 Å². The highest BCUT2D eigenvalue weighted by molar-refractivity contribution is 7.89. The molecule has 0 bridgehead atoms. The third-order valence-corrected chi connectivity index (χ3v) is 8.38. The maximum Gasteiger partial charge on any atom is 0.261 e. The highest BCUT2D eigenvalue weighted by Crippen LogP contribution is 2.35. The SMILES string of the molecule is C[C@H]1CN([C@@H](C)CO)C(=O)c2cccc(NC(=O)c3ccncc3)c2O[C@H]1CN(C)S(=O)(=O)c1cn(C)cn1. The molecule has 2 N–H and O–H groups in total. The van der Waals surface area contributed by atoms with Crippen LogP contribution in [0.25, 0.3) is 0 Å². The van der Waals surface area contributed by atoms with Gasteiger partial charge in [-0.05, 0) is 31.2 Å². The quantitative estimate of drug-likeness (QED) is 0.425. The van der Waals surface area contributed by atoms with E-state index in [1.807, 2.05) is 6.92 Å². The van der Waals surface area contributed by atoms with E-state index < -0.39 is 28.1 Å². The predicted octanol–water partition coefficient (Wildman–Crippen LogP) is 1.61. The normalized spacial score (nSPS) is 18.6. The topological polar surface area (TPSA) is 147 Å². The van der Waals surface area contributed by atoms with Crippen molar-refractivity contribution in [2.75, 3.05) is 32.1 Å². The van der Waals surface area contributed by atoms with E-state index in [0.29, 0.717) is 5.56 Å². The van der Waals surface area contributed by atoms with Gasteiger partial charge in [0.15, 0.2) is 10.8 Å². The number of aliphatic hydroxyl groups excluding tert-OH is 1. The summed E-state index contributed by atoms with van der Waals surface area (Å²) in [7, 11) is -0.805. The van der Waals surface area contributed by atoms with Crippen molar-refractivity contribution in [1.29, 1.82) is 0 Å². The van der Waals surface area contributed by atoms with Gasteiger partial charge in [0.1, 0.15) is 6.10 Å². The molecule has 2 aromatic heterocycles. The number of nitrogens with zero attached hydrogens (tertiary/aromatic N) is 5. The molecule has 0 spiro atoms. The first-order valence-corrected chi connectivity index (χ1v) is 13.8. The minimum Gasteiger partial charge on any atom is -0.486 e. The van der Waals surface area contributed by atoms with Crippen LogP contribution in [0.2, 0.25) is 0 Å². The van der Waals surface area contributed by atoms with Gasteiger partial charge in [-0.25, -0.2) is 13.4 Å². The zero-order valence-electron chi connectivity index (χ0n) is 22.2. The molecule has 3 atom stereocenters. The summed E-state index contributed by atoms with van der Waals surface area (Å²) in [5.41, 5.74) is 0.810. The first kappa shape index (κ1) is 28.2. The average Bonchev–Trinajstić information content (AvgIpc) is 3.38. The van der Waals surface area contributed by atoms with Crippen molar-refractivity contribution in [3.63, 3.8) is 0 Å². The number of hydrogen-bond donors (Lipinski definition) is 2. The zero-order chi connectivity index (χ0) is 28.3. The van der Waals surface area contributed by atoms with E-state index in [2.05, 4.69) is 15.3 Å². The van der Waals surface area contributed by atoms with E-state index >= 15 is 0 Å². The van der Waals surface area contributed by atoms with Gasteiger partial charge in [0.2, 0.25) is 0 Å². The van der Waals surface area contributed by atoms with E-state index in [1.165, 1.54) is 32.0 Å². The Morgan fingerprint density at radius 3 is 2.64 bits per heavy atom. The number of benzene rings is 1. The predicted molar refractivity (Wildman–Crippen MR) is 143 cm³/mol. The molecular weight excluding hydrogens is 524 g/mol. The average molecular weight is 557 g/mol. The van der Waals surface area contributed by atoms with Crippen LogP contribution in [0, 0.1) is 5.92 Å². The lowest BCUT2D eigenvalue weighted by molar-refractivity contribution is 0.0388. The number of anilines is 1.